The van der Waals surface area contributed by atoms with Crippen LogP contribution in [-0.4, -0.2) is 26.1 Å². The van der Waals surface area contributed by atoms with Crippen LogP contribution in [0.25, 0.3) is 0 Å². The van der Waals surface area contributed by atoms with Crippen molar-refractivity contribution in [3.8, 4) is 0 Å². The standard InChI is InChI=1S/C9H11N5S3/c1-2-10-7-12-13-9(15-7)16-8-11-6(14-17-8)5-3-4-5/h5H,2-4H2,1H3,(H,10,12). The summed E-state index contributed by atoms with van der Waals surface area (Å²) in [5.41, 5.74) is 0. The predicted octanol–water partition coefficient (Wildman–Crippen LogP) is 2.85. The number of rotatable bonds is 5. The van der Waals surface area contributed by atoms with Crippen LogP contribution < -0.4 is 5.32 Å². The van der Waals surface area contributed by atoms with Crippen molar-refractivity contribution >= 4 is 39.8 Å². The lowest BCUT2D eigenvalue weighted by atomic mass is 10.4. The molecule has 0 saturated heterocycles. The summed E-state index contributed by atoms with van der Waals surface area (Å²) in [6.45, 7) is 2.91. The van der Waals surface area contributed by atoms with Gasteiger partial charge in [-0.05, 0) is 43.1 Å². The quantitative estimate of drug-likeness (QED) is 0.911. The fourth-order valence-corrected chi connectivity index (χ4v) is 4.02. The molecule has 90 valence electrons. The molecule has 3 rings (SSSR count). The highest BCUT2D eigenvalue weighted by Crippen LogP contribution is 2.41. The minimum absolute atomic E-state index is 0.618. The zero-order chi connectivity index (χ0) is 11.7. The largest absolute Gasteiger partial charge is 0.360 e. The summed E-state index contributed by atoms with van der Waals surface area (Å²) < 4.78 is 6.25. The Morgan fingerprint density at radius 2 is 2.24 bits per heavy atom. The Balaban J connectivity index is 1.67. The minimum atomic E-state index is 0.618. The summed E-state index contributed by atoms with van der Waals surface area (Å²) in [5.74, 6) is 1.63. The van der Waals surface area contributed by atoms with Crippen LogP contribution in [0.2, 0.25) is 0 Å². The number of anilines is 1. The van der Waals surface area contributed by atoms with Crippen molar-refractivity contribution in [1.29, 1.82) is 0 Å². The molecule has 17 heavy (non-hydrogen) atoms. The summed E-state index contributed by atoms with van der Waals surface area (Å²) in [6, 6.07) is 0. The number of nitrogens with zero attached hydrogens (tertiary/aromatic N) is 4. The van der Waals surface area contributed by atoms with E-state index in [0.717, 1.165) is 26.2 Å². The van der Waals surface area contributed by atoms with Crippen LogP contribution in [0.15, 0.2) is 8.68 Å². The van der Waals surface area contributed by atoms with Gasteiger partial charge in [0.05, 0.1) is 0 Å². The number of hydrogen-bond donors (Lipinski definition) is 1. The molecule has 0 unspecified atom stereocenters. The first-order chi connectivity index (χ1) is 8.35. The molecule has 0 aliphatic heterocycles. The monoisotopic (exact) mass is 285 g/mol. The first kappa shape index (κ1) is 11.4. The van der Waals surface area contributed by atoms with E-state index in [-0.39, 0.29) is 0 Å². The van der Waals surface area contributed by atoms with E-state index in [2.05, 4.69) is 24.9 Å². The lowest BCUT2D eigenvalue weighted by Gasteiger charge is -1.91. The van der Waals surface area contributed by atoms with Crippen molar-refractivity contribution in [2.45, 2.75) is 34.4 Å². The molecular formula is C9H11N5S3. The van der Waals surface area contributed by atoms with E-state index >= 15 is 0 Å². The first-order valence-electron chi connectivity index (χ1n) is 5.44. The SMILES string of the molecule is CCNc1nnc(Sc2nc(C3CC3)ns2)s1. The van der Waals surface area contributed by atoms with Crippen molar-refractivity contribution in [2.24, 2.45) is 0 Å². The van der Waals surface area contributed by atoms with E-state index in [0.29, 0.717) is 5.92 Å². The highest BCUT2D eigenvalue weighted by molar-refractivity contribution is 8.02. The van der Waals surface area contributed by atoms with Gasteiger partial charge in [0.25, 0.3) is 0 Å². The van der Waals surface area contributed by atoms with Crippen molar-refractivity contribution in [1.82, 2.24) is 19.6 Å². The van der Waals surface area contributed by atoms with Crippen LogP contribution in [0.4, 0.5) is 5.13 Å². The van der Waals surface area contributed by atoms with Crippen LogP contribution in [0.3, 0.4) is 0 Å². The lowest BCUT2D eigenvalue weighted by molar-refractivity contribution is 0.956. The third kappa shape index (κ3) is 2.75. The molecule has 0 aromatic carbocycles. The summed E-state index contributed by atoms with van der Waals surface area (Å²) in [5, 5.41) is 12.2. The number of nitrogens with one attached hydrogen (secondary N) is 1. The van der Waals surface area contributed by atoms with Crippen molar-refractivity contribution < 1.29 is 0 Å². The second-order valence-electron chi connectivity index (χ2n) is 3.70. The van der Waals surface area contributed by atoms with Gasteiger partial charge in [0, 0.05) is 12.5 Å². The van der Waals surface area contributed by atoms with Gasteiger partial charge in [0.1, 0.15) is 5.82 Å². The average Bonchev–Trinajstić information content (AvgIpc) is 2.92. The summed E-state index contributed by atoms with van der Waals surface area (Å²) in [6.07, 6.45) is 2.48. The molecule has 2 aromatic rings. The fraction of sp³-hybridized carbons (Fsp3) is 0.556. The molecule has 1 fully saturated rings. The highest BCUT2D eigenvalue weighted by atomic mass is 32.2. The normalized spacial score (nSPS) is 15.1. The zero-order valence-corrected chi connectivity index (χ0v) is 11.7. The molecule has 0 atom stereocenters. The molecule has 2 heterocycles. The molecule has 2 aromatic heterocycles. The minimum Gasteiger partial charge on any atom is -0.360 e. The molecular weight excluding hydrogens is 274 g/mol. The second-order valence-corrected chi connectivity index (χ2v) is 6.92. The molecule has 1 saturated carbocycles. The summed E-state index contributed by atoms with van der Waals surface area (Å²) >= 11 is 4.56. The lowest BCUT2D eigenvalue weighted by Crippen LogP contribution is -1.94. The molecule has 1 aliphatic rings. The van der Waals surface area contributed by atoms with Gasteiger partial charge in [-0.25, -0.2) is 4.98 Å². The Kier molecular flexibility index (Phi) is 3.26. The average molecular weight is 285 g/mol. The van der Waals surface area contributed by atoms with Crippen LogP contribution in [0.1, 0.15) is 31.5 Å². The molecule has 1 N–H and O–H groups in total. The van der Waals surface area contributed by atoms with E-state index in [1.54, 1.807) is 23.1 Å². The molecule has 8 heteroatoms. The van der Waals surface area contributed by atoms with Gasteiger partial charge in [-0.1, -0.05) is 11.3 Å². The fourth-order valence-electron chi connectivity index (χ4n) is 1.32. The summed E-state index contributed by atoms with van der Waals surface area (Å²) in [4.78, 5) is 4.51. The first-order valence-corrected chi connectivity index (χ1v) is 7.84. The summed E-state index contributed by atoms with van der Waals surface area (Å²) in [7, 11) is 0. The maximum atomic E-state index is 4.51. The van der Waals surface area contributed by atoms with Gasteiger partial charge in [-0.3, -0.25) is 0 Å². The van der Waals surface area contributed by atoms with Gasteiger partial charge >= 0.3 is 0 Å². The predicted molar refractivity (Wildman–Crippen MR) is 70.1 cm³/mol. The Labute approximate surface area is 111 Å². The Morgan fingerprint density at radius 1 is 1.35 bits per heavy atom. The van der Waals surface area contributed by atoms with Gasteiger partial charge in [0.2, 0.25) is 5.13 Å². The van der Waals surface area contributed by atoms with Crippen LogP contribution in [-0.2, 0) is 0 Å². The molecule has 1 aliphatic carbocycles. The van der Waals surface area contributed by atoms with Gasteiger partial charge in [0.15, 0.2) is 8.68 Å². The van der Waals surface area contributed by atoms with E-state index in [9.17, 15) is 0 Å². The second kappa shape index (κ2) is 4.87. The van der Waals surface area contributed by atoms with Gasteiger partial charge < -0.3 is 5.32 Å². The highest BCUT2D eigenvalue weighted by Gasteiger charge is 2.28. The Hall–Kier alpha value is -0.730. The van der Waals surface area contributed by atoms with Crippen molar-refractivity contribution in [2.75, 3.05) is 11.9 Å². The smallest absolute Gasteiger partial charge is 0.206 e. The maximum Gasteiger partial charge on any atom is 0.206 e. The topological polar surface area (TPSA) is 63.6 Å². The third-order valence-corrected chi connectivity index (χ3v) is 4.97. The third-order valence-electron chi connectivity index (χ3n) is 2.27. The van der Waals surface area contributed by atoms with E-state index < -0.39 is 0 Å². The molecule has 0 spiro atoms. The molecule has 0 amide bonds. The van der Waals surface area contributed by atoms with Gasteiger partial charge in [-0.2, -0.15) is 4.37 Å². The Morgan fingerprint density at radius 3 is 3.00 bits per heavy atom. The Bertz CT molecular complexity index is 504. The molecule has 5 nitrogen and oxygen atoms in total. The number of aromatic nitrogens is 4. The van der Waals surface area contributed by atoms with Crippen molar-refractivity contribution in [3.05, 3.63) is 5.82 Å². The van der Waals surface area contributed by atoms with Crippen LogP contribution >= 0.6 is 34.6 Å². The zero-order valence-electron chi connectivity index (χ0n) is 9.21. The van der Waals surface area contributed by atoms with Crippen LogP contribution in [0.5, 0.6) is 0 Å². The van der Waals surface area contributed by atoms with E-state index in [4.69, 9.17) is 0 Å². The number of hydrogen-bond acceptors (Lipinski definition) is 8. The van der Waals surface area contributed by atoms with E-state index in [1.165, 1.54) is 24.4 Å². The van der Waals surface area contributed by atoms with Crippen LogP contribution in [0, 0.1) is 0 Å². The van der Waals surface area contributed by atoms with E-state index in [1.807, 2.05) is 6.92 Å². The van der Waals surface area contributed by atoms with Crippen molar-refractivity contribution in [3.63, 3.8) is 0 Å². The van der Waals surface area contributed by atoms with Gasteiger partial charge in [-0.15, -0.1) is 10.2 Å². The maximum absolute atomic E-state index is 4.51. The molecule has 0 radical (unpaired) electrons. The molecule has 0 bridgehead atoms.